The van der Waals surface area contributed by atoms with Gasteiger partial charge >= 0.3 is 0 Å². The van der Waals surface area contributed by atoms with E-state index in [-0.39, 0.29) is 5.02 Å². The molecule has 0 radical (unpaired) electrons. The highest BCUT2D eigenvalue weighted by Crippen LogP contribution is 2.19. The number of nitrogens with zero attached hydrogens (tertiary/aromatic N) is 2. The minimum Gasteiger partial charge on any atom is -0.369 e. The first-order chi connectivity index (χ1) is 6.75. The lowest BCUT2D eigenvalue weighted by Gasteiger charge is -2.06. The summed E-state index contributed by atoms with van der Waals surface area (Å²) in [4.78, 5) is 7.14. The summed E-state index contributed by atoms with van der Waals surface area (Å²) in [5.74, 6) is -0.354. The van der Waals surface area contributed by atoms with Gasteiger partial charge in [0.05, 0.1) is 0 Å². The number of aromatic nitrogens is 2. The molecule has 14 heavy (non-hydrogen) atoms. The first-order valence-corrected chi connectivity index (χ1v) is 4.68. The number of hydrogen-bond acceptors (Lipinski definition) is 4. The summed E-state index contributed by atoms with van der Waals surface area (Å²) < 4.78 is 12.8. The molecule has 0 aliphatic rings. The van der Waals surface area contributed by atoms with Gasteiger partial charge in [0.25, 0.3) is 0 Å². The van der Waals surface area contributed by atoms with Crippen molar-refractivity contribution < 1.29 is 4.39 Å². The largest absolute Gasteiger partial charge is 0.369 e. The first kappa shape index (κ1) is 11.1. The molecule has 1 aromatic heterocycles. The molecule has 0 spiro atoms. The molecule has 6 heteroatoms. The van der Waals surface area contributed by atoms with Crippen LogP contribution in [0.2, 0.25) is 5.02 Å². The Balaban J connectivity index is 2.46. The van der Waals surface area contributed by atoms with Crippen molar-refractivity contribution in [2.75, 3.05) is 25.5 Å². The second-order valence-corrected chi connectivity index (χ2v) is 3.09. The zero-order valence-electron chi connectivity index (χ0n) is 7.85. The standard InChI is InChI=1S/C8H12ClFN4/c1-11-3-2-4-12-8-6(9)7(10)13-5-14-8/h5,11H,2-4H2,1H3,(H,12,13,14). The molecule has 0 aliphatic heterocycles. The van der Waals surface area contributed by atoms with Crippen molar-refractivity contribution in [3.63, 3.8) is 0 Å². The quantitative estimate of drug-likeness (QED) is 0.578. The fourth-order valence-corrected chi connectivity index (χ4v) is 1.11. The van der Waals surface area contributed by atoms with Crippen LogP contribution in [0.1, 0.15) is 6.42 Å². The van der Waals surface area contributed by atoms with Crippen LogP contribution in [0, 0.1) is 5.95 Å². The van der Waals surface area contributed by atoms with E-state index in [0.717, 1.165) is 19.3 Å². The summed E-state index contributed by atoms with van der Waals surface area (Å²) in [6.45, 7) is 1.58. The molecule has 0 amide bonds. The Hall–Kier alpha value is -0.940. The molecule has 2 N–H and O–H groups in total. The maximum absolute atomic E-state index is 12.8. The number of anilines is 1. The Morgan fingerprint density at radius 2 is 2.21 bits per heavy atom. The summed E-state index contributed by atoms with van der Waals surface area (Å²) in [7, 11) is 1.87. The molecular weight excluding hydrogens is 207 g/mol. The second-order valence-electron chi connectivity index (χ2n) is 2.71. The molecule has 1 heterocycles. The summed E-state index contributed by atoms with van der Waals surface area (Å²) in [5.41, 5.74) is 0. The Labute approximate surface area is 86.9 Å². The van der Waals surface area contributed by atoms with Crippen LogP contribution in [-0.4, -0.2) is 30.1 Å². The van der Waals surface area contributed by atoms with E-state index in [0.29, 0.717) is 12.4 Å². The van der Waals surface area contributed by atoms with Crippen molar-refractivity contribution in [3.8, 4) is 0 Å². The minimum atomic E-state index is -0.696. The van der Waals surface area contributed by atoms with Gasteiger partial charge in [-0.3, -0.25) is 0 Å². The number of nitrogens with one attached hydrogen (secondary N) is 2. The van der Waals surface area contributed by atoms with E-state index in [1.807, 2.05) is 7.05 Å². The van der Waals surface area contributed by atoms with Crippen molar-refractivity contribution in [1.29, 1.82) is 0 Å². The molecule has 0 bridgehead atoms. The second kappa shape index (κ2) is 5.72. The summed E-state index contributed by atoms with van der Waals surface area (Å²) >= 11 is 5.63. The average molecular weight is 219 g/mol. The lowest BCUT2D eigenvalue weighted by molar-refractivity contribution is 0.580. The number of rotatable bonds is 5. The SMILES string of the molecule is CNCCCNc1ncnc(F)c1Cl. The molecule has 78 valence electrons. The van der Waals surface area contributed by atoms with Crippen LogP contribution in [-0.2, 0) is 0 Å². The van der Waals surface area contributed by atoms with Gasteiger partial charge in [-0.1, -0.05) is 11.6 Å². The van der Waals surface area contributed by atoms with Crippen molar-refractivity contribution in [1.82, 2.24) is 15.3 Å². The molecule has 1 rings (SSSR count). The van der Waals surface area contributed by atoms with Gasteiger partial charge in [-0.2, -0.15) is 4.39 Å². The summed E-state index contributed by atoms with van der Waals surface area (Å²) in [6.07, 6.45) is 2.06. The highest BCUT2D eigenvalue weighted by Gasteiger charge is 2.06. The van der Waals surface area contributed by atoms with Gasteiger partial charge in [-0.25, -0.2) is 9.97 Å². The molecule has 0 fully saturated rings. The maximum atomic E-state index is 12.8. The van der Waals surface area contributed by atoms with Gasteiger partial charge in [0.15, 0.2) is 5.82 Å². The Morgan fingerprint density at radius 1 is 1.43 bits per heavy atom. The van der Waals surface area contributed by atoms with E-state index in [1.165, 1.54) is 0 Å². The van der Waals surface area contributed by atoms with Gasteiger partial charge in [-0.05, 0) is 20.0 Å². The zero-order valence-corrected chi connectivity index (χ0v) is 8.60. The first-order valence-electron chi connectivity index (χ1n) is 4.30. The predicted octanol–water partition coefficient (Wildman–Crippen LogP) is 1.29. The summed E-state index contributed by atoms with van der Waals surface area (Å²) in [6, 6.07) is 0. The molecule has 1 aromatic rings. The van der Waals surface area contributed by atoms with Crippen LogP contribution in [0.3, 0.4) is 0 Å². The van der Waals surface area contributed by atoms with Crippen LogP contribution in [0.5, 0.6) is 0 Å². The topological polar surface area (TPSA) is 49.8 Å². The van der Waals surface area contributed by atoms with Crippen LogP contribution in [0.25, 0.3) is 0 Å². The third-order valence-electron chi connectivity index (χ3n) is 1.64. The van der Waals surface area contributed by atoms with E-state index in [4.69, 9.17) is 11.6 Å². The molecule has 0 unspecified atom stereocenters. The molecule has 0 aliphatic carbocycles. The minimum absolute atomic E-state index is 0.0584. The van der Waals surface area contributed by atoms with Crippen LogP contribution < -0.4 is 10.6 Å². The Kier molecular flexibility index (Phi) is 4.55. The van der Waals surface area contributed by atoms with E-state index in [1.54, 1.807) is 0 Å². The van der Waals surface area contributed by atoms with E-state index in [2.05, 4.69) is 20.6 Å². The van der Waals surface area contributed by atoms with E-state index in [9.17, 15) is 4.39 Å². The molecular formula is C8H12ClFN4. The smallest absolute Gasteiger partial charge is 0.236 e. The molecule has 4 nitrogen and oxygen atoms in total. The Morgan fingerprint density at radius 3 is 2.93 bits per heavy atom. The average Bonchev–Trinajstić information content (AvgIpc) is 2.19. The van der Waals surface area contributed by atoms with Crippen LogP contribution in [0.15, 0.2) is 6.33 Å². The zero-order chi connectivity index (χ0) is 10.4. The lowest BCUT2D eigenvalue weighted by Crippen LogP contribution is -2.13. The highest BCUT2D eigenvalue weighted by molar-refractivity contribution is 6.32. The van der Waals surface area contributed by atoms with E-state index >= 15 is 0 Å². The number of halogens is 2. The van der Waals surface area contributed by atoms with Crippen molar-refractivity contribution in [2.45, 2.75) is 6.42 Å². The highest BCUT2D eigenvalue weighted by atomic mass is 35.5. The fourth-order valence-electron chi connectivity index (χ4n) is 0.944. The normalized spacial score (nSPS) is 10.2. The van der Waals surface area contributed by atoms with Gasteiger partial charge < -0.3 is 10.6 Å². The van der Waals surface area contributed by atoms with Gasteiger partial charge in [-0.15, -0.1) is 0 Å². The monoisotopic (exact) mass is 218 g/mol. The molecule has 0 aromatic carbocycles. The predicted molar refractivity (Wildman–Crippen MR) is 54.0 cm³/mol. The van der Waals surface area contributed by atoms with Gasteiger partial charge in [0, 0.05) is 6.54 Å². The van der Waals surface area contributed by atoms with Crippen molar-refractivity contribution in [3.05, 3.63) is 17.3 Å². The maximum Gasteiger partial charge on any atom is 0.236 e. The van der Waals surface area contributed by atoms with Crippen LogP contribution >= 0.6 is 11.6 Å². The van der Waals surface area contributed by atoms with Crippen LogP contribution in [0.4, 0.5) is 10.2 Å². The van der Waals surface area contributed by atoms with Crippen molar-refractivity contribution >= 4 is 17.4 Å². The molecule has 0 saturated carbocycles. The third kappa shape index (κ3) is 3.08. The Bertz CT molecular complexity index is 295. The molecule has 0 atom stereocenters. The van der Waals surface area contributed by atoms with Gasteiger partial charge in [0.2, 0.25) is 5.95 Å². The molecule has 0 saturated heterocycles. The van der Waals surface area contributed by atoms with Gasteiger partial charge in [0.1, 0.15) is 11.3 Å². The fraction of sp³-hybridized carbons (Fsp3) is 0.500. The third-order valence-corrected chi connectivity index (χ3v) is 1.98. The lowest BCUT2D eigenvalue weighted by atomic mass is 10.4. The number of hydrogen-bond donors (Lipinski definition) is 2. The van der Waals surface area contributed by atoms with E-state index < -0.39 is 5.95 Å². The summed E-state index contributed by atoms with van der Waals surface area (Å²) in [5, 5.41) is 5.87. The van der Waals surface area contributed by atoms with Crippen molar-refractivity contribution in [2.24, 2.45) is 0 Å².